The van der Waals surface area contributed by atoms with Gasteiger partial charge in [0.1, 0.15) is 5.69 Å². The Morgan fingerprint density at radius 1 is 1.11 bits per heavy atom. The van der Waals surface area contributed by atoms with Crippen LogP contribution in [0.4, 0.5) is 0 Å². The van der Waals surface area contributed by atoms with Gasteiger partial charge < -0.3 is 5.32 Å². The molecule has 1 fully saturated rings. The molecule has 1 amide bonds. The van der Waals surface area contributed by atoms with Crippen molar-refractivity contribution >= 4 is 5.91 Å². The Bertz CT molecular complexity index is 906. The standard InChI is InChI=1S/C20H27N5O2/c1-13-11-18(24(2)22-13)20(27)21-15-7-9-16(10-8-15)25-19(26)12-14-5-3-4-6-17(14)23-25/h11-12,15-16H,3-10H2,1-2H3,(H,21,27). The van der Waals surface area contributed by atoms with Crippen LogP contribution >= 0.6 is 0 Å². The van der Waals surface area contributed by atoms with Crippen molar-refractivity contribution in [3.63, 3.8) is 0 Å². The van der Waals surface area contributed by atoms with Crippen LogP contribution in [-0.2, 0) is 19.9 Å². The van der Waals surface area contributed by atoms with Gasteiger partial charge in [-0.3, -0.25) is 14.3 Å². The Morgan fingerprint density at radius 2 is 1.85 bits per heavy atom. The molecule has 4 rings (SSSR count). The number of nitrogens with one attached hydrogen (secondary N) is 1. The summed E-state index contributed by atoms with van der Waals surface area (Å²) in [6.45, 7) is 1.88. The molecule has 1 N–H and O–H groups in total. The Balaban J connectivity index is 1.40. The van der Waals surface area contributed by atoms with Crippen molar-refractivity contribution < 1.29 is 4.79 Å². The minimum absolute atomic E-state index is 0.0218. The highest BCUT2D eigenvalue weighted by Gasteiger charge is 2.26. The normalized spacial score (nSPS) is 22.3. The lowest BCUT2D eigenvalue weighted by atomic mass is 9.91. The summed E-state index contributed by atoms with van der Waals surface area (Å²) in [5.41, 5.74) is 3.68. The zero-order valence-corrected chi connectivity index (χ0v) is 16.1. The summed E-state index contributed by atoms with van der Waals surface area (Å²) >= 11 is 0. The van der Waals surface area contributed by atoms with E-state index in [0.717, 1.165) is 68.3 Å². The molecule has 27 heavy (non-hydrogen) atoms. The van der Waals surface area contributed by atoms with Gasteiger partial charge in [0.15, 0.2) is 0 Å². The number of hydrogen-bond donors (Lipinski definition) is 1. The van der Waals surface area contributed by atoms with Crippen LogP contribution in [0.15, 0.2) is 16.9 Å². The van der Waals surface area contributed by atoms with E-state index >= 15 is 0 Å². The third-order valence-corrected chi connectivity index (χ3v) is 5.84. The van der Waals surface area contributed by atoms with Crippen LogP contribution in [0, 0.1) is 6.92 Å². The molecule has 2 heterocycles. The van der Waals surface area contributed by atoms with Gasteiger partial charge in [-0.25, -0.2) is 4.68 Å². The maximum absolute atomic E-state index is 12.5. The summed E-state index contributed by atoms with van der Waals surface area (Å²) in [6, 6.07) is 3.87. The molecule has 2 aliphatic rings. The van der Waals surface area contributed by atoms with Gasteiger partial charge in [-0.1, -0.05) is 0 Å². The average molecular weight is 369 g/mol. The summed E-state index contributed by atoms with van der Waals surface area (Å²) in [6.07, 6.45) is 7.71. The highest BCUT2D eigenvalue weighted by Crippen LogP contribution is 2.28. The van der Waals surface area contributed by atoms with E-state index in [1.165, 1.54) is 0 Å². The van der Waals surface area contributed by atoms with Gasteiger partial charge in [0, 0.05) is 19.2 Å². The predicted molar refractivity (Wildman–Crippen MR) is 102 cm³/mol. The topological polar surface area (TPSA) is 81.8 Å². The van der Waals surface area contributed by atoms with E-state index in [1.807, 2.05) is 6.92 Å². The van der Waals surface area contributed by atoms with E-state index in [4.69, 9.17) is 0 Å². The molecule has 2 aromatic rings. The second kappa shape index (κ2) is 7.29. The zero-order valence-electron chi connectivity index (χ0n) is 16.1. The molecule has 2 aliphatic carbocycles. The van der Waals surface area contributed by atoms with Gasteiger partial charge >= 0.3 is 0 Å². The van der Waals surface area contributed by atoms with Crippen molar-refractivity contribution in [2.45, 2.75) is 70.4 Å². The smallest absolute Gasteiger partial charge is 0.269 e. The summed E-state index contributed by atoms with van der Waals surface area (Å²) < 4.78 is 3.32. The van der Waals surface area contributed by atoms with Crippen molar-refractivity contribution in [1.82, 2.24) is 24.9 Å². The number of rotatable bonds is 3. The van der Waals surface area contributed by atoms with Crippen LogP contribution in [0.25, 0.3) is 0 Å². The number of fused-ring (bicyclic) bond motifs is 1. The summed E-state index contributed by atoms with van der Waals surface area (Å²) in [7, 11) is 1.78. The third kappa shape index (κ3) is 3.68. The second-order valence-corrected chi connectivity index (χ2v) is 7.88. The number of nitrogens with zero attached hydrogens (tertiary/aromatic N) is 4. The van der Waals surface area contributed by atoms with Gasteiger partial charge in [-0.05, 0) is 69.9 Å². The minimum atomic E-state index is -0.0781. The summed E-state index contributed by atoms with van der Waals surface area (Å²) in [5, 5.41) is 12.0. The van der Waals surface area contributed by atoms with Crippen LogP contribution in [0.2, 0.25) is 0 Å². The molecule has 0 aromatic carbocycles. The van der Waals surface area contributed by atoms with E-state index in [2.05, 4.69) is 15.5 Å². The number of amides is 1. The van der Waals surface area contributed by atoms with E-state index in [-0.39, 0.29) is 23.6 Å². The van der Waals surface area contributed by atoms with E-state index in [1.54, 1.807) is 28.5 Å². The molecular formula is C20H27N5O2. The van der Waals surface area contributed by atoms with Crippen molar-refractivity contribution in [3.05, 3.63) is 45.1 Å². The maximum atomic E-state index is 12.5. The van der Waals surface area contributed by atoms with Crippen LogP contribution < -0.4 is 10.9 Å². The van der Waals surface area contributed by atoms with Gasteiger partial charge in [0.25, 0.3) is 11.5 Å². The van der Waals surface area contributed by atoms with Crippen molar-refractivity contribution in [1.29, 1.82) is 0 Å². The molecule has 1 saturated carbocycles. The number of carbonyl (C=O) groups is 1. The Morgan fingerprint density at radius 3 is 2.56 bits per heavy atom. The van der Waals surface area contributed by atoms with Crippen LogP contribution in [0.3, 0.4) is 0 Å². The highest BCUT2D eigenvalue weighted by molar-refractivity contribution is 5.92. The lowest BCUT2D eigenvalue weighted by Gasteiger charge is -2.30. The molecule has 7 heteroatoms. The predicted octanol–water partition coefficient (Wildman–Crippen LogP) is 2.08. The number of aromatic nitrogens is 4. The van der Waals surface area contributed by atoms with Gasteiger partial charge in [0.05, 0.1) is 17.4 Å². The first-order chi connectivity index (χ1) is 13.0. The number of hydrogen-bond acceptors (Lipinski definition) is 4. The van der Waals surface area contributed by atoms with Crippen LogP contribution in [0.1, 0.15) is 72.0 Å². The largest absolute Gasteiger partial charge is 0.348 e. The fourth-order valence-electron chi connectivity index (χ4n) is 4.39. The SMILES string of the molecule is Cc1cc(C(=O)NC2CCC(n3nc4c(cc3=O)CCCC4)CC2)n(C)n1. The monoisotopic (exact) mass is 369 g/mol. The Labute approximate surface area is 158 Å². The molecule has 7 nitrogen and oxygen atoms in total. The lowest BCUT2D eigenvalue weighted by Crippen LogP contribution is -2.40. The lowest BCUT2D eigenvalue weighted by molar-refractivity contribution is 0.0911. The Kier molecular flexibility index (Phi) is 4.85. The zero-order chi connectivity index (χ0) is 19.0. The fourth-order valence-corrected chi connectivity index (χ4v) is 4.39. The Hall–Kier alpha value is -2.44. The molecule has 0 radical (unpaired) electrons. The molecule has 144 valence electrons. The average Bonchev–Trinajstić information content (AvgIpc) is 3.00. The quantitative estimate of drug-likeness (QED) is 0.898. The van der Waals surface area contributed by atoms with Crippen molar-refractivity contribution in [3.8, 4) is 0 Å². The molecule has 0 unspecified atom stereocenters. The fraction of sp³-hybridized carbons (Fsp3) is 0.600. The van der Waals surface area contributed by atoms with Gasteiger partial charge in [-0.15, -0.1) is 0 Å². The van der Waals surface area contributed by atoms with Crippen molar-refractivity contribution in [2.75, 3.05) is 0 Å². The molecular weight excluding hydrogens is 342 g/mol. The van der Waals surface area contributed by atoms with Gasteiger partial charge in [0.2, 0.25) is 0 Å². The third-order valence-electron chi connectivity index (χ3n) is 5.84. The molecule has 0 aliphatic heterocycles. The van der Waals surface area contributed by atoms with E-state index < -0.39 is 0 Å². The first kappa shape index (κ1) is 17.9. The van der Waals surface area contributed by atoms with Crippen LogP contribution in [-0.4, -0.2) is 31.5 Å². The molecule has 0 saturated heterocycles. The number of carbonyl (C=O) groups excluding carboxylic acids is 1. The molecule has 0 atom stereocenters. The van der Waals surface area contributed by atoms with E-state index in [0.29, 0.717) is 5.69 Å². The molecule has 0 spiro atoms. The molecule has 2 aromatic heterocycles. The summed E-state index contributed by atoms with van der Waals surface area (Å²) in [4.78, 5) is 25.0. The first-order valence-electron chi connectivity index (χ1n) is 9.94. The maximum Gasteiger partial charge on any atom is 0.269 e. The highest BCUT2D eigenvalue weighted by atomic mass is 16.2. The molecule has 0 bridgehead atoms. The van der Waals surface area contributed by atoms with E-state index in [9.17, 15) is 9.59 Å². The van der Waals surface area contributed by atoms with Crippen molar-refractivity contribution in [2.24, 2.45) is 7.05 Å². The van der Waals surface area contributed by atoms with Gasteiger partial charge in [-0.2, -0.15) is 10.2 Å². The van der Waals surface area contributed by atoms with Crippen LogP contribution in [0.5, 0.6) is 0 Å². The second-order valence-electron chi connectivity index (χ2n) is 7.88. The minimum Gasteiger partial charge on any atom is -0.348 e. The summed E-state index contributed by atoms with van der Waals surface area (Å²) in [5.74, 6) is -0.0781. The number of aryl methyl sites for hydroxylation is 4. The first-order valence-corrected chi connectivity index (χ1v) is 9.94.